The van der Waals surface area contributed by atoms with Crippen molar-refractivity contribution in [3.63, 3.8) is 0 Å². The summed E-state index contributed by atoms with van der Waals surface area (Å²) in [5.41, 5.74) is 6.27. The van der Waals surface area contributed by atoms with E-state index < -0.39 is 0 Å². The first-order valence-electron chi connectivity index (χ1n) is 7.84. The highest BCUT2D eigenvalue weighted by molar-refractivity contribution is 6.15. The van der Waals surface area contributed by atoms with Gasteiger partial charge in [-0.2, -0.15) is 5.10 Å². The Morgan fingerprint density at radius 2 is 1.21 bits per heavy atom. The van der Waals surface area contributed by atoms with Gasteiger partial charge in [-0.15, -0.1) is 0 Å². The van der Waals surface area contributed by atoms with Crippen molar-refractivity contribution in [3.05, 3.63) is 102 Å². The third-order valence-corrected chi connectivity index (χ3v) is 3.62. The van der Waals surface area contributed by atoms with Crippen molar-refractivity contribution < 1.29 is 4.79 Å². The van der Waals surface area contributed by atoms with E-state index in [4.69, 9.17) is 0 Å². The first-order valence-corrected chi connectivity index (χ1v) is 7.84. The zero-order valence-electron chi connectivity index (χ0n) is 13.2. The van der Waals surface area contributed by atoms with Crippen LogP contribution in [0.25, 0.3) is 0 Å². The van der Waals surface area contributed by atoms with E-state index in [1.54, 1.807) is 0 Å². The standard InChI is InChI=1S/C21H18N2O/c24-21(18-12-6-2-7-13-18)16-20(17-10-4-1-5-11-17)23-22-19-14-8-3-9-15-19/h1-15,22H,16H2/b23-20+. The number of hydrogen-bond donors (Lipinski definition) is 1. The molecule has 0 saturated carbocycles. The number of para-hydroxylation sites is 1. The Bertz CT molecular complexity index is 812. The molecule has 3 heteroatoms. The summed E-state index contributed by atoms with van der Waals surface area (Å²) in [7, 11) is 0. The van der Waals surface area contributed by atoms with Crippen LogP contribution in [0.5, 0.6) is 0 Å². The lowest BCUT2D eigenvalue weighted by Crippen LogP contribution is -2.11. The molecule has 0 radical (unpaired) electrons. The number of nitrogens with one attached hydrogen (secondary N) is 1. The van der Waals surface area contributed by atoms with Crippen LogP contribution in [0.4, 0.5) is 5.69 Å². The fourth-order valence-corrected chi connectivity index (χ4v) is 2.36. The molecule has 0 heterocycles. The lowest BCUT2D eigenvalue weighted by molar-refractivity contribution is 0.100. The van der Waals surface area contributed by atoms with Gasteiger partial charge in [-0.3, -0.25) is 10.2 Å². The van der Waals surface area contributed by atoms with E-state index >= 15 is 0 Å². The minimum atomic E-state index is 0.0491. The monoisotopic (exact) mass is 314 g/mol. The Kier molecular flexibility index (Phi) is 5.15. The Hall–Kier alpha value is -3.20. The number of hydrogen-bond acceptors (Lipinski definition) is 3. The Balaban J connectivity index is 1.84. The minimum absolute atomic E-state index is 0.0491. The van der Waals surface area contributed by atoms with Gasteiger partial charge in [-0.05, 0) is 17.7 Å². The number of Topliss-reactive ketones (excluding diaryl/α,β-unsaturated/α-hetero) is 1. The number of carbonyl (C=O) groups excluding carboxylic acids is 1. The number of carbonyl (C=O) groups is 1. The SMILES string of the molecule is O=C(C/C(=N\Nc1ccccc1)c1ccccc1)c1ccccc1. The second-order valence-electron chi connectivity index (χ2n) is 5.37. The van der Waals surface area contributed by atoms with Crippen LogP contribution in [0.2, 0.25) is 0 Å². The summed E-state index contributed by atoms with van der Waals surface area (Å²) in [5, 5.41) is 4.48. The lowest BCUT2D eigenvalue weighted by Gasteiger charge is -2.08. The van der Waals surface area contributed by atoms with Crippen molar-refractivity contribution in [3.8, 4) is 0 Å². The van der Waals surface area contributed by atoms with Crippen molar-refractivity contribution in [1.29, 1.82) is 0 Å². The van der Waals surface area contributed by atoms with Gasteiger partial charge in [0.15, 0.2) is 5.78 Å². The van der Waals surface area contributed by atoms with Crippen LogP contribution in [-0.4, -0.2) is 11.5 Å². The van der Waals surface area contributed by atoms with E-state index in [1.807, 2.05) is 91.0 Å². The molecule has 1 N–H and O–H groups in total. The van der Waals surface area contributed by atoms with Gasteiger partial charge in [0, 0.05) is 5.56 Å². The molecule has 3 rings (SSSR count). The van der Waals surface area contributed by atoms with Crippen LogP contribution in [0.15, 0.2) is 96.1 Å². The zero-order valence-corrected chi connectivity index (χ0v) is 13.2. The third-order valence-electron chi connectivity index (χ3n) is 3.62. The summed E-state index contributed by atoms with van der Waals surface area (Å²) >= 11 is 0. The molecule has 24 heavy (non-hydrogen) atoms. The molecule has 0 fully saturated rings. The van der Waals surface area contributed by atoms with E-state index in [9.17, 15) is 4.79 Å². The van der Waals surface area contributed by atoms with E-state index in [2.05, 4.69) is 10.5 Å². The molecule has 3 aromatic rings. The lowest BCUT2D eigenvalue weighted by atomic mass is 10.0. The molecule has 0 aliphatic carbocycles. The molecule has 3 nitrogen and oxygen atoms in total. The Morgan fingerprint density at radius 1 is 0.708 bits per heavy atom. The van der Waals surface area contributed by atoms with Gasteiger partial charge >= 0.3 is 0 Å². The van der Waals surface area contributed by atoms with E-state index in [0.29, 0.717) is 11.3 Å². The normalized spacial score (nSPS) is 11.1. The zero-order chi connectivity index (χ0) is 16.6. The van der Waals surface area contributed by atoms with Crippen molar-refractivity contribution in [2.75, 3.05) is 5.43 Å². The van der Waals surface area contributed by atoms with Gasteiger partial charge in [0.2, 0.25) is 0 Å². The number of benzene rings is 3. The summed E-state index contributed by atoms with van der Waals surface area (Å²) in [4.78, 5) is 12.5. The average Bonchev–Trinajstić information content (AvgIpc) is 2.67. The molecular formula is C21H18N2O. The van der Waals surface area contributed by atoms with Crippen LogP contribution in [0.1, 0.15) is 22.3 Å². The fourth-order valence-electron chi connectivity index (χ4n) is 2.36. The van der Waals surface area contributed by atoms with Crippen LogP contribution in [0.3, 0.4) is 0 Å². The molecule has 0 atom stereocenters. The maximum atomic E-state index is 12.5. The van der Waals surface area contributed by atoms with Crippen molar-refractivity contribution in [1.82, 2.24) is 0 Å². The predicted molar refractivity (Wildman–Crippen MR) is 98.4 cm³/mol. The second-order valence-corrected chi connectivity index (χ2v) is 5.37. The van der Waals surface area contributed by atoms with Gasteiger partial charge in [0.25, 0.3) is 0 Å². The molecule has 0 bridgehead atoms. The maximum Gasteiger partial charge on any atom is 0.168 e. The smallest absolute Gasteiger partial charge is 0.168 e. The summed E-state index contributed by atoms with van der Waals surface area (Å²) in [6.07, 6.45) is 0.244. The van der Waals surface area contributed by atoms with E-state index in [0.717, 1.165) is 11.3 Å². The number of hydrazone groups is 1. The van der Waals surface area contributed by atoms with Crippen LogP contribution >= 0.6 is 0 Å². The number of nitrogens with zero attached hydrogens (tertiary/aromatic N) is 1. The average molecular weight is 314 g/mol. The first-order chi connectivity index (χ1) is 11.8. The molecule has 0 aromatic heterocycles. The molecule has 0 aliphatic rings. The molecule has 0 aliphatic heterocycles. The highest BCUT2D eigenvalue weighted by Crippen LogP contribution is 2.12. The summed E-state index contributed by atoms with van der Waals surface area (Å²) in [6.45, 7) is 0. The molecule has 3 aromatic carbocycles. The highest BCUT2D eigenvalue weighted by Gasteiger charge is 2.12. The molecular weight excluding hydrogens is 296 g/mol. The summed E-state index contributed by atoms with van der Waals surface area (Å²) in [5.74, 6) is 0.0491. The van der Waals surface area contributed by atoms with Gasteiger partial charge < -0.3 is 0 Å². The molecule has 0 amide bonds. The molecule has 118 valence electrons. The molecule has 0 unspecified atom stereocenters. The number of rotatable bonds is 6. The highest BCUT2D eigenvalue weighted by atomic mass is 16.1. The van der Waals surface area contributed by atoms with Gasteiger partial charge in [0.1, 0.15) is 0 Å². The number of anilines is 1. The quantitative estimate of drug-likeness (QED) is 0.404. The third kappa shape index (κ3) is 4.17. The second kappa shape index (κ2) is 7.88. The first kappa shape index (κ1) is 15.7. The topological polar surface area (TPSA) is 41.5 Å². The Labute approximate surface area is 141 Å². The van der Waals surface area contributed by atoms with E-state index in [-0.39, 0.29) is 12.2 Å². The predicted octanol–water partition coefficient (Wildman–Crippen LogP) is 4.78. The van der Waals surface area contributed by atoms with Gasteiger partial charge in [-0.1, -0.05) is 78.9 Å². The molecule has 0 spiro atoms. The number of ketones is 1. The largest absolute Gasteiger partial charge is 0.294 e. The van der Waals surface area contributed by atoms with Crippen molar-refractivity contribution >= 4 is 17.2 Å². The van der Waals surface area contributed by atoms with Gasteiger partial charge in [0.05, 0.1) is 17.8 Å². The van der Waals surface area contributed by atoms with Crippen LogP contribution < -0.4 is 5.43 Å². The van der Waals surface area contributed by atoms with Crippen LogP contribution in [0, 0.1) is 0 Å². The van der Waals surface area contributed by atoms with Crippen LogP contribution in [-0.2, 0) is 0 Å². The van der Waals surface area contributed by atoms with Crippen molar-refractivity contribution in [2.45, 2.75) is 6.42 Å². The minimum Gasteiger partial charge on any atom is -0.294 e. The van der Waals surface area contributed by atoms with Gasteiger partial charge in [-0.25, -0.2) is 0 Å². The fraction of sp³-hybridized carbons (Fsp3) is 0.0476. The Morgan fingerprint density at radius 3 is 1.79 bits per heavy atom. The van der Waals surface area contributed by atoms with E-state index in [1.165, 1.54) is 0 Å². The summed E-state index contributed by atoms with van der Waals surface area (Å²) < 4.78 is 0. The van der Waals surface area contributed by atoms with Crippen molar-refractivity contribution in [2.24, 2.45) is 5.10 Å². The summed E-state index contributed by atoms with van der Waals surface area (Å²) in [6, 6.07) is 28.8. The maximum absolute atomic E-state index is 12.5. The molecule has 0 saturated heterocycles.